The molecule has 2 heteroatoms. The minimum atomic E-state index is -0.265. The fourth-order valence-electron chi connectivity index (χ4n) is 2.33. The van der Waals surface area contributed by atoms with Crippen LogP contribution in [0.5, 0.6) is 0 Å². The standard InChI is InChI=1S/C13H26O2/c1-9(2)10-6-7-11(14)12(8-10)15-13(3,4)5/h9-12,14H,6-8H2,1-5H3. The number of hydrogen-bond acceptors (Lipinski definition) is 2. The summed E-state index contributed by atoms with van der Waals surface area (Å²) in [5.74, 6) is 1.41. The minimum Gasteiger partial charge on any atom is -0.390 e. The number of rotatable bonds is 2. The van der Waals surface area contributed by atoms with Crippen LogP contribution in [0.3, 0.4) is 0 Å². The van der Waals surface area contributed by atoms with E-state index in [1.807, 2.05) is 0 Å². The molecule has 1 N–H and O–H groups in total. The Morgan fingerprint density at radius 3 is 2.27 bits per heavy atom. The molecule has 1 aliphatic rings. The number of aliphatic hydroxyl groups is 1. The van der Waals surface area contributed by atoms with Crippen LogP contribution in [0.1, 0.15) is 53.9 Å². The molecule has 0 amide bonds. The maximum Gasteiger partial charge on any atom is 0.0843 e. The molecule has 0 aromatic rings. The van der Waals surface area contributed by atoms with Crippen LogP contribution >= 0.6 is 0 Å². The van der Waals surface area contributed by atoms with Crippen molar-refractivity contribution in [2.24, 2.45) is 11.8 Å². The number of aliphatic hydroxyl groups excluding tert-OH is 1. The fourth-order valence-corrected chi connectivity index (χ4v) is 2.33. The van der Waals surface area contributed by atoms with Gasteiger partial charge in [-0.1, -0.05) is 13.8 Å². The van der Waals surface area contributed by atoms with Crippen LogP contribution in [-0.4, -0.2) is 22.9 Å². The van der Waals surface area contributed by atoms with Gasteiger partial charge in [0.25, 0.3) is 0 Å². The van der Waals surface area contributed by atoms with E-state index >= 15 is 0 Å². The average Bonchev–Trinajstić information content (AvgIpc) is 2.06. The number of ether oxygens (including phenoxy) is 1. The topological polar surface area (TPSA) is 29.5 Å². The molecule has 3 unspecified atom stereocenters. The van der Waals surface area contributed by atoms with Crippen LogP contribution in [-0.2, 0) is 4.74 Å². The van der Waals surface area contributed by atoms with Gasteiger partial charge < -0.3 is 9.84 Å². The Balaban J connectivity index is 2.54. The zero-order valence-electron chi connectivity index (χ0n) is 10.8. The van der Waals surface area contributed by atoms with E-state index in [1.54, 1.807) is 0 Å². The number of hydrogen-bond donors (Lipinski definition) is 1. The highest BCUT2D eigenvalue weighted by Gasteiger charge is 2.33. The normalized spacial score (nSPS) is 33.4. The van der Waals surface area contributed by atoms with Gasteiger partial charge >= 0.3 is 0 Å². The third-order valence-corrected chi connectivity index (χ3v) is 3.25. The van der Waals surface area contributed by atoms with Crippen molar-refractivity contribution in [3.63, 3.8) is 0 Å². The lowest BCUT2D eigenvalue weighted by Crippen LogP contribution is -2.41. The first kappa shape index (κ1) is 13.0. The molecule has 0 spiro atoms. The maximum absolute atomic E-state index is 9.91. The SMILES string of the molecule is CC(C)C1CCC(O)C(OC(C)(C)C)C1. The maximum atomic E-state index is 9.91. The molecule has 0 aliphatic heterocycles. The van der Waals surface area contributed by atoms with Crippen LogP contribution in [0.25, 0.3) is 0 Å². The molecule has 0 bridgehead atoms. The summed E-state index contributed by atoms with van der Waals surface area (Å²) >= 11 is 0. The van der Waals surface area contributed by atoms with E-state index in [9.17, 15) is 5.11 Å². The van der Waals surface area contributed by atoms with Crippen LogP contribution in [0.2, 0.25) is 0 Å². The van der Waals surface area contributed by atoms with Gasteiger partial charge in [-0.2, -0.15) is 0 Å². The zero-order chi connectivity index (χ0) is 11.6. The molecule has 0 radical (unpaired) electrons. The molecule has 0 heterocycles. The minimum absolute atomic E-state index is 0.0335. The van der Waals surface area contributed by atoms with Crippen molar-refractivity contribution in [1.82, 2.24) is 0 Å². The molecule has 2 nitrogen and oxygen atoms in total. The molecule has 1 rings (SSSR count). The molecule has 0 aromatic heterocycles. The van der Waals surface area contributed by atoms with Gasteiger partial charge in [0.2, 0.25) is 0 Å². The monoisotopic (exact) mass is 214 g/mol. The lowest BCUT2D eigenvalue weighted by Gasteiger charge is -2.38. The van der Waals surface area contributed by atoms with Crippen molar-refractivity contribution < 1.29 is 9.84 Å². The largest absolute Gasteiger partial charge is 0.390 e. The molecule has 15 heavy (non-hydrogen) atoms. The summed E-state index contributed by atoms with van der Waals surface area (Å²) in [5, 5.41) is 9.91. The summed E-state index contributed by atoms with van der Waals surface area (Å²) in [6.45, 7) is 10.7. The molecule has 1 aliphatic carbocycles. The predicted molar refractivity (Wildman–Crippen MR) is 62.8 cm³/mol. The third-order valence-electron chi connectivity index (χ3n) is 3.25. The Morgan fingerprint density at radius 2 is 1.80 bits per heavy atom. The predicted octanol–water partition coefficient (Wildman–Crippen LogP) is 2.99. The van der Waals surface area contributed by atoms with E-state index in [1.165, 1.54) is 0 Å². The van der Waals surface area contributed by atoms with Crippen molar-refractivity contribution in [1.29, 1.82) is 0 Å². The summed E-state index contributed by atoms with van der Waals surface area (Å²) in [6.07, 6.45) is 2.81. The molecule has 90 valence electrons. The summed E-state index contributed by atoms with van der Waals surface area (Å²) < 4.78 is 5.92. The average molecular weight is 214 g/mol. The molecule has 3 atom stereocenters. The second-order valence-electron chi connectivity index (χ2n) is 6.15. The van der Waals surface area contributed by atoms with E-state index in [2.05, 4.69) is 34.6 Å². The van der Waals surface area contributed by atoms with Crippen molar-refractivity contribution in [2.45, 2.75) is 71.7 Å². The molecule has 1 saturated carbocycles. The Bertz CT molecular complexity index is 193. The Labute approximate surface area is 94.0 Å². The summed E-state index contributed by atoms with van der Waals surface area (Å²) in [6, 6.07) is 0. The van der Waals surface area contributed by atoms with Gasteiger partial charge in [0.05, 0.1) is 17.8 Å². The molecule has 1 fully saturated rings. The van der Waals surface area contributed by atoms with E-state index in [0.29, 0.717) is 11.8 Å². The summed E-state index contributed by atoms with van der Waals surface area (Å²) in [4.78, 5) is 0. The highest BCUT2D eigenvalue weighted by Crippen LogP contribution is 2.33. The van der Waals surface area contributed by atoms with Gasteiger partial charge in [0, 0.05) is 0 Å². The zero-order valence-corrected chi connectivity index (χ0v) is 10.8. The van der Waals surface area contributed by atoms with E-state index in [0.717, 1.165) is 19.3 Å². The summed E-state index contributed by atoms with van der Waals surface area (Å²) in [7, 11) is 0. The molecule has 0 saturated heterocycles. The third kappa shape index (κ3) is 4.12. The van der Waals surface area contributed by atoms with Gasteiger partial charge in [-0.3, -0.25) is 0 Å². The van der Waals surface area contributed by atoms with Crippen molar-refractivity contribution >= 4 is 0 Å². The first-order valence-corrected chi connectivity index (χ1v) is 6.15. The van der Waals surface area contributed by atoms with Crippen molar-refractivity contribution in [2.75, 3.05) is 0 Å². The first-order chi connectivity index (χ1) is 6.79. The molecule has 0 aromatic carbocycles. The quantitative estimate of drug-likeness (QED) is 0.765. The summed E-state index contributed by atoms with van der Waals surface area (Å²) in [5.41, 5.74) is -0.148. The van der Waals surface area contributed by atoms with Crippen LogP contribution in [0.15, 0.2) is 0 Å². The Morgan fingerprint density at radius 1 is 1.20 bits per heavy atom. The van der Waals surface area contributed by atoms with Gasteiger partial charge in [-0.15, -0.1) is 0 Å². The lowest BCUT2D eigenvalue weighted by atomic mass is 9.79. The van der Waals surface area contributed by atoms with Gasteiger partial charge in [-0.25, -0.2) is 0 Å². The highest BCUT2D eigenvalue weighted by atomic mass is 16.5. The Kier molecular flexibility index (Phi) is 4.19. The van der Waals surface area contributed by atoms with E-state index in [4.69, 9.17) is 4.74 Å². The second kappa shape index (κ2) is 4.84. The first-order valence-electron chi connectivity index (χ1n) is 6.15. The second-order valence-corrected chi connectivity index (χ2v) is 6.15. The van der Waals surface area contributed by atoms with E-state index < -0.39 is 0 Å². The van der Waals surface area contributed by atoms with Crippen LogP contribution in [0.4, 0.5) is 0 Å². The Hall–Kier alpha value is -0.0800. The van der Waals surface area contributed by atoms with Crippen molar-refractivity contribution in [3.05, 3.63) is 0 Å². The van der Waals surface area contributed by atoms with Crippen LogP contribution in [0, 0.1) is 11.8 Å². The van der Waals surface area contributed by atoms with Gasteiger partial charge in [0.1, 0.15) is 0 Å². The fraction of sp³-hybridized carbons (Fsp3) is 1.00. The van der Waals surface area contributed by atoms with E-state index in [-0.39, 0.29) is 17.8 Å². The highest BCUT2D eigenvalue weighted by molar-refractivity contribution is 4.83. The lowest BCUT2D eigenvalue weighted by molar-refractivity contribution is -0.135. The smallest absolute Gasteiger partial charge is 0.0843 e. The van der Waals surface area contributed by atoms with Crippen LogP contribution < -0.4 is 0 Å². The molecular formula is C13H26O2. The van der Waals surface area contributed by atoms with Gasteiger partial charge in [0.15, 0.2) is 0 Å². The molecular weight excluding hydrogens is 188 g/mol. The van der Waals surface area contributed by atoms with Gasteiger partial charge in [-0.05, 0) is 51.9 Å². The van der Waals surface area contributed by atoms with Crippen molar-refractivity contribution in [3.8, 4) is 0 Å².